The molecule has 4 unspecified atom stereocenters. The molecule has 0 amide bonds. The van der Waals surface area contributed by atoms with Gasteiger partial charge in [0.1, 0.15) is 6.10 Å². The van der Waals surface area contributed by atoms with Crippen LogP contribution in [-0.4, -0.2) is 37.9 Å². The smallest absolute Gasteiger partial charge is 0.302 e. The van der Waals surface area contributed by atoms with Crippen molar-refractivity contribution in [3.8, 4) is 0 Å². The molecule has 28 heavy (non-hydrogen) atoms. The fourth-order valence-corrected chi connectivity index (χ4v) is 4.14. The highest BCUT2D eigenvalue weighted by Crippen LogP contribution is 2.26. The molecule has 0 radical (unpaired) electrons. The van der Waals surface area contributed by atoms with E-state index in [-0.39, 0.29) is 12.1 Å². The summed E-state index contributed by atoms with van der Waals surface area (Å²) in [7, 11) is 0. The molecule has 0 saturated carbocycles. The maximum Gasteiger partial charge on any atom is 0.302 e. The summed E-state index contributed by atoms with van der Waals surface area (Å²) in [6, 6.07) is 0. The third-order valence-electron chi connectivity index (χ3n) is 5.86. The molecule has 4 atom stereocenters. The fraction of sp³-hybridized carbons (Fsp3) is 0.958. The predicted octanol–water partition coefficient (Wildman–Crippen LogP) is 5.88. The molecule has 1 N–H and O–H groups in total. The average molecular weight is 398 g/mol. The van der Waals surface area contributed by atoms with Crippen LogP contribution < -0.4 is 5.32 Å². The second-order valence-electron chi connectivity index (χ2n) is 8.94. The van der Waals surface area contributed by atoms with Crippen LogP contribution in [0, 0.1) is 11.8 Å². The molecule has 1 saturated heterocycles. The van der Waals surface area contributed by atoms with Gasteiger partial charge in [-0.1, -0.05) is 65.7 Å². The number of esters is 1. The first kappa shape index (κ1) is 25.4. The van der Waals surface area contributed by atoms with Gasteiger partial charge in [-0.25, -0.2) is 0 Å². The van der Waals surface area contributed by atoms with Crippen LogP contribution in [0.3, 0.4) is 0 Å². The Morgan fingerprint density at radius 1 is 1.11 bits per heavy atom. The molecular weight excluding hydrogens is 350 g/mol. The molecule has 0 aliphatic carbocycles. The van der Waals surface area contributed by atoms with Crippen molar-refractivity contribution in [2.24, 2.45) is 11.8 Å². The Morgan fingerprint density at radius 2 is 1.82 bits per heavy atom. The molecule has 1 heterocycles. The topological polar surface area (TPSA) is 50.9 Å². The standard InChI is InChI=1S/C24H47NO3/c1-5-7-8-9-10-11-13-22(17-23(6-2)28-21(4)26)16-20(3)18-25-15-12-14-24-19-27-24/h20,22-25H,5-19H2,1-4H3. The van der Waals surface area contributed by atoms with E-state index in [0.29, 0.717) is 17.9 Å². The zero-order chi connectivity index (χ0) is 20.6. The summed E-state index contributed by atoms with van der Waals surface area (Å²) >= 11 is 0. The van der Waals surface area contributed by atoms with Crippen LogP contribution in [-0.2, 0) is 14.3 Å². The van der Waals surface area contributed by atoms with E-state index in [9.17, 15) is 4.79 Å². The van der Waals surface area contributed by atoms with Crippen LogP contribution in [0.25, 0.3) is 0 Å². The third kappa shape index (κ3) is 14.4. The molecule has 1 aliphatic heterocycles. The highest BCUT2D eigenvalue weighted by Gasteiger charge is 2.21. The summed E-state index contributed by atoms with van der Waals surface area (Å²) in [6.07, 6.45) is 15.5. The maximum absolute atomic E-state index is 11.4. The summed E-state index contributed by atoms with van der Waals surface area (Å²) in [5, 5.41) is 3.62. The van der Waals surface area contributed by atoms with Crippen LogP contribution in [0.15, 0.2) is 0 Å². The van der Waals surface area contributed by atoms with Gasteiger partial charge in [0.25, 0.3) is 0 Å². The van der Waals surface area contributed by atoms with E-state index < -0.39 is 0 Å². The van der Waals surface area contributed by atoms with Gasteiger partial charge < -0.3 is 14.8 Å². The van der Waals surface area contributed by atoms with E-state index in [0.717, 1.165) is 32.5 Å². The summed E-state index contributed by atoms with van der Waals surface area (Å²) in [6.45, 7) is 11.4. The summed E-state index contributed by atoms with van der Waals surface area (Å²) in [4.78, 5) is 11.4. The lowest BCUT2D eigenvalue weighted by molar-refractivity contribution is -0.147. The van der Waals surface area contributed by atoms with E-state index in [1.54, 1.807) is 0 Å². The Labute approximate surface area is 174 Å². The van der Waals surface area contributed by atoms with Crippen LogP contribution in [0.4, 0.5) is 0 Å². The van der Waals surface area contributed by atoms with Crippen molar-refractivity contribution in [1.29, 1.82) is 0 Å². The molecule has 1 fully saturated rings. The second kappa shape index (κ2) is 16.2. The first-order valence-corrected chi connectivity index (χ1v) is 12.0. The second-order valence-corrected chi connectivity index (χ2v) is 8.94. The SMILES string of the molecule is CCCCCCCCC(CC(C)CNCCCC1CO1)CC(CC)OC(C)=O. The van der Waals surface area contributed by atoms with Crippen molar-refractivity contribution >= 4 is 5.97 Å². The Hall–Kier alpha value is -0.610. The number of hydrogen-bond donors (Lipinski definition) is 1. The lowest BCUT2D eigenvalue weighted by Crippen LogP contribution is -2.26. The van der Waals surface area contributed by atoms with Crippen molar-refractivity contribution in [2.45, 2.75) is 117 Å². The minimum Gasteiger partial charge on any atom is -0.463 e. The monoisotopic (exact) mass is 397 g/mol. The largest absolute Gasteiger partial charge is 0.463 e. The molecule has 1 rings (SSSR count). The normalized spacial score (nSPS) is 19.2. The van der Waals surface area contributed by atoms with E-state index in [2.05, 4.69) is 26.1 Å². The zero-order valence-corrected chi connectivity index (χ0v) is 19.1. The summed E-state index contributed by atoms with van der Waals surface area (Å²) in [5.74, 6) is 1.18. The van der Waals surface area contributed by atoms with Crippen LogP contribution in [0.1, 0.15) is 105 Å². The Morgan fingerprint density at radius 3 is 2.46 bits per heavy atom. The summed E-state index contributed by atoms with van der Waals surface area (Å²) in [5.41, 5.74) is 0. The number of nitrogens with one attached hydrogen (secondary N) is 1. The highest BCUT2D eigenvalue weighted by molar-refractivity contribution is 5.66. The molecule has 0 bridgehead atoms. The molecule has 4 nitrogen and oxygen atoms in total. The van der Waals surface area contributed by atoms with Crippen molar-refractivity contribution in [1.82, 2.24) is 5.32 Å². The number of carbonyl (C=O) groups is 1. The first-order valence-electron chi connectivity index (χ1n) is 12.0. The number of rotatable bonds is 19. The molecule has 4 heteroatoms. The Bertz CT molecular complexity index is 384. The van der Waals surface area contributed by atoms with Crippen molar-refractivity contribution in [3.63, 3.8) is 0 Å². The number of epoxide rings is 1. The predicted molar refractivity (Wildman–Crippen MR) is 118 cm³/mol. The molecule has 0 aromatic rings. The van der Waals surface area contributed by atoms with Crippen molar-refractivity contribution < 1.29 is 14.3 Å². The third-order valence-corrected chi connectivity index (χ3v) is 5.86. The van der Waals surface area contributed by atoms with E-state index in [1.807, 2.05) is 0 Å². The number of hydrogen-bond acceptors (Lipinski definition) is 4. The molecule has 166 valence electrons. The van der Waals surface area contributed by atoms with Gasteiger partial charge in [0.15, 0.2) is 0 Å². The summed E-state index contributed by atoms with van der Waals surface area (Å²) < 4.78 is 10.8. The number of carbonyl (C=O) groups excluding carboxylic acids is 1. The van der Waals surface area contributed by atoms with Gasteiger partial charge in [-0.3, -0.25) is 4.79 Å². The van der Waals surface area contributed by atoms with Gasteiger partial charge in [0.05, 0.1) is 12.7 Å². The minimum atomic E-state index is -0.139. The molecular formula is C24H47NO3. The van der Waals surface area contributed by atoms with Crippen LogP contribution in [0.2, 0.25) is 0 Å². The minimum absolute atomic E-state index is 0.0845. The van der Waals surface area contributed by atoms with Gasteiger partial charge in [0.2, 0.25) is 0 Å². The van der Waals surface area contributed by atoms with Gasteiger partial charge >= 0.3 is 5.97 Å². The molecule has 0 spiro atoms. The molecule has 1 aliphatic rings. The van der Waals surface area contributed by atoms with Crippen molar-refractivity contribution in [2.75, 3.05) is 19.7 Å². The average Bonchev–Trinajstić information content (AvgIpc) is 3.47. The Balaban J connectivity index is 2.30. The highest BCUT2D eigenvalue weighted by atomic mass is 16.6. The number of ether oxygens (including phenoxy) is 2. The number of unbranched alkanes of at least 4 members (excludes halogenated alkanes) is 5. The molecule has 0 aromatic heterocycles. The quantitative estimate of drug-likeness (QED) is 0.168. The molecule has 0 aromatic carbocycles. The van der Waals surface area contributed by atoms with E-state index >= 15 is 0 Å². The lowest BCUT2D eigenvalue weighted by Gasteiger charge is -2.25. The van der Waals surface area contributed by atoms with E-state index in [1.165, 1.54) is 71.1 Å². The van der Waals surface area contributed by atoms with Gasteiger partial charge in [-0.05, 0) is 57.0 Å². The van der Waals surface area contributed by atoms with Gasteiger partial charge in [0, 0.05) is 6.92 Å². The van der Waals surface area contributed by atoms with Crippen LogP contribution in [0.5, 0.6) is 0 Å². The van der Waals surface area contributed by atoms with Crippen LogP contribution >= 0.6 is 0 Å². The first-order chi connectivity index (χ1) is 13.5. The van der Waals surface area contributed by atoms with Crippen molar-refractivity contribution in [3.05, 3.63) is 0 Å². The van der Waals surface area contributed by atoms with E-state index in [4.69, 9.17) is 9.47 Å². The van der Waals surface area contributed by atoms with Gasteiger partial charge in [-0.15, -0.1) is 0 Å². The maximum atomic E-state index is 11.4. The fourth-order valence-electron chi connectivity index (χ4n) is 4.14. The lowest BCUT2D eigenvalue weighted by atomic mass is 9.86. The van der Waals surface area contributed by atoms with Gasteiger partial charge in [-0.2, -0.15) is 0 Å². The zero-order valence-electron chi connectivity index (χ0n) is 19.1. The Kier molecular flexibility index (Phi) is 14.7.